The first kappa shape index (κ1) is 6.97. The molecule has 0 saturated heterocycles. The normalized spacial score (nSPS) is 10.4. The summed E-state index contributed by atoms with van der Waals surface area (Å²) < 4.78 is 12.9. The molecule has 2 heterocycles. The number of hydrogen-bond donors (Lipinski definition) is 1. The quantitative estimate of drug-likeness (QED) is 0.649. The molecule has 0 aliphatic carbocycles. The van der Waals surface area contributed by atoms with Crippen molar-refractivity contribution in [3.8, 4) is 0 Å². The van der Waals surface area contributed by atoms with Crippen molar-refractivity contribution in [1.82, 2.24) is 9.97 Å². The molecule has 2 rings (SSSR count). The fraction of sp³-hybridized carbons (Fsp3) is 0. The van der Waals surface area contributed by atoms with Gasteiger partial charge in [0.15, 0.2) is 12.1 Å². The van der Waals surface area contributed by atoms with E-state index in [2.05, 4.69) is 9.97 Å². The van der Waals surface area contributed by atoms with Gasteiger partial charge in [0.05, 0.1) is 0 Å². The van der Waals surface area contributed by atoms with Crippen LogP contribution in [0.1, 0.15) is 10.5 Å². The molecule has 4 heteroatoms. The summed E-state index contributed by atoms with van der Waals surface area (Å²) in [7, 11) is 0. The summed E-state index contributed by atoms with van der Waals surface area (Å²) >= 11 is 0. The molecule has 60 valence electrons. The van der Waals surface area contributed by atoms with E-state index in [0.29, 0.717) is 17.3 Å². The molecule has 0 saturated carbocycles. The van der Waals surface area contributed by atoms with Gasteiger partial charge in [0.25, 0.3) is 0 Å². The molecule has 0 amide bonds. The van der Waals surface area contributed by atoms with E-state index in [1.165, 1.54) is 6.07 Å². The van der Waals surface area contributed by atoms with Gasteiger partial charge in [0, 0.05) is 11.6 Å². The largest absolute Gasteiger partial charge is 0.346 e. The Morgan fingerprint density at radius 3 is 3.17 bits per heavy atom. The maximum atomic E-state index is 12.9. The van der Waals surface area contributed by atoms with E-state index < -0.39 is 5.82 Å². The Bertz CT molecular complexity index is 436. The lowest BCUT2D eigenvalue weighted by molar-refractivity contribution is 0.111. The monoisotopic (exact) mass is 164 g/mol. The number of carbonyl (C=O) groups excluding carboxylic acids is 1. The smallest absolute Gasteiger partial charge is 0.171 e. The summed E-state index contributed by atoms with van der Waals surface area (Å²) in [6.07, 6.45) is 2.04. The Balaban J connectivity index is 2.81. The molecule has 12 heavy (non-hydrogen) atoms. The van der Waals surface area contributed by atoms with Gasteiger partial charge in [-0.3, -0.25) is 4.79 Å². The van der Waals surface area contributed by atoms with Crippen LogP contribution in [-0.4, -0.2) is 16.3 Å². The van der Waals surface area contributed by atoms with Crippen LogP contribution in [0.5, 0.6) is 0 Å². The van der Waals surface area contributed by atoms with E-state index in [-0.39, 0.29) is 5.69 Å². The standard InChI is InChI=1S/C8H5FN2O/c9-6-3-5-1-2-10-8(5)11-7(6)4-12/h1-4H,(H,10,11). The Labute approximate surface area is 67.2 Å². The molecule has 0 aromatic carbocycles. The Morgan fingerprint density at radius 2 is 2.42 bits per heavy atom. The van der Waals surface area contributed by atoms with Crippen LogP contribution < -0.4 is 0 Å². The number of hydrogen-bond acceptors (Lipinski definition) is 2. The number of halogens is 1. The first-order valence-electron chi connectivity index (χ1n) is 3.40. The summed E-state index contributed by atoms with van der Waals surface area (Å²) in [6, 6.07) is 2.97. The van der Waals surface area contributed by atoms with Crippen molar-refractivity contribution < 1.29 is 9.18 Å². The number of rotatable bonds is 1. The zero-order valence-corrected chi connectivity index (χ0v) is 6.04. The molecule has 3 nitrogen and oxygen atoms in total. The Kier molecular flexibility index (Phi) is 1.40. The molecule has 0 aliphatic heterocycles. The number of H-pyrrole nitrogens is 1. The topological polar surface area (TPSA) is 45.8 Å². The molecular formula is C8H5FN2O. The Morgan fingerprint density at radius 1 is 1.58 bits per heavy atom. The van der Waals surface area contributed by atoms with Gasteiger partial charge in [-0.2, -0.15) is 0 Å². The molecule has 0 unspecified atom stereocenters. The van der Waals surface area contributed by atoms with Crippen molar-refractivity contribution in [1.29, 1.82) is 0 Å². The van der Waals surface area contributed by atoms with E-state index >= 15 is 0 Å². The van der Waals surface area contributed by atoms with Crippen LogP contribution in [0, 0.1) is 5.82 Å². The van der Waals surface area contributed by atoms with Gasteiger partial charge < -0.3 is 4.98 Å². The molecule has 0 atom stereocenters. The average molecular weight is 164 g/mol. The van der Waals surface area contributed by atoms with E-state index in [4.69, 9.17) is 0 Å². The lowest BCUT2D eigenvalue weighted by Crippen LogP contribution is -1.92. The zero-order chi connectivity index (χ0) is 8.55. The number of fused-ring (bicyclic) bond motifs is 1. The number of pyridine rings is 1. The molecule has 2 aromatic rings. The minimum absolute atomic E-state index is 0.162. The summed E-state index contributed by atoms with van der Waals surface area (Å²) in [4.78, 5) is 16.8. The van der Waals surface area contributed by atoms with Crippen molar-refractivity contribution in [3.05, 3.63) is 29.8 Å². The minimum Gasteiger partial charge on any atom is -0.346 e. The summed E-state index contributed by atoms with van der Waals surface area (Å²) in [5.74, 6) is -0.586. The van der Waals surface area contributed by atoms with Gasteiger partial charge in [0.1, 0.15) is 11.3 Å². The summed E-state index contributed by atoms with van der Waals surface area (Å²) in [6.45, 7) is 0. The van der Waals surface area contributed by atoms with Crippen molar-refractivity contribution in [2.24, 2.45) is 0 Å². The first-order chi connectivity index (χ1) is 5.81. The molecule has 0 radical (unpaired) electrons. The second-order valence-electron chi connectivity index (χ2n) is 2.39. The van der Waals surface area contributed by atoms with E-state index in [1.54, 1.807) is 12.3 Å². The predicted molar refractivity (Wildman–Crippen MR) is 41.4 cm³/mol. The van der Waals surface area contributed by atoms with Gasteiger partial charge in [-0.05, 0) is 12.1 Å². The van der Waals surface area contributed by atoms with Crippen molar-refractivity contribution in [3.63, 3.8) is 0 Å². The lowest BCUT2D eigenvalue weighted by atomic mass is 10.3. The van der Waals surface area contributed by atoms with Crippen molar-refractivity contribution in [2.45, 2.75) is 0 Å². The highest BCUT2D eigenvalue weighted by Crippen LogP contribution is 2.12. The fourth-order valence-corrected chi connectivity index (χ4v) is 1.05. The van der Waals surface area contributed by atoms with Crippen LogP contribution in [0.15, 0.2) is 18.3 Å². The molecule has 0 bridgehead atoms. The number of aromatic amines is 1. The maximum absolute atomic E-state index is 12.9. The fourth-order valence-electron chi connectivity index (χ4n) is 1.05. The summed E-state index contributed by atoms with van der Waals surface area (Å²) in [5.41, 5.74) is 0.364. The number of nitrogens with one attached hydrogen (secondary N) is 1. The van der Waals surface area contributed by atoms with E-state index in [9.17, 15) is 9.18 Å². The van der Waals surface area contributed by atoms with Crippen molar-refractivity contribution in [2.75, 3.05) is 0 Å². The zero-order valence-electron chi connectivity index (χ0n) is 6.04. The molecule has 1 N–H and O–H groups in total. The minimum atomic E-state index is -0.586. The highest BCUT2D eigenvalue weighted by atomic mass is 19.1. The van der Waals surface area contributed by atoms with E-state index in [1.807, 2.05) is 0 Å². The van der Waals surface area contributed by atoms with Crippen LogP contribution in [0.2, 0.25) is 0 Å². The average Bonchev–Trinajstić information content (AvgIpc) is 2.49. The number of aromatic nitrogens is 2. The van der Waals surface area contributed by atoms with Gasteiger partial charge in [0.2, 0.25) is 0 Å². The maximum Gasteiger partial charge on any atom is 0.171 e. The van der Waals surface area contributed by atoms with Crippen LogP contribution in [-0.2, 0) is 0 Å². The second kappa shape index (κ2) is 2.41. The number of carbonyl (C=O) groups is 1. The van der Waals surface area contributed by atoms with Gasteiger partial charge in [-0.25, -0.2) is 9.37 Å². The molecule has 0 spiro atoms. The molecular weight excluding hydrogens is 159 g/mol. The molecule has 0 fully saturated rings. The van der Waals surface area contributed by atoms with Gasteiger partial charge in [-0.15, -0.1) is 0 Å². The van der Waals surface area contributed by atoms with Crippen LogP contribution >= 0.6 is 0 Å². The molecule has 2 aromatic heterocycles. The van der Waals surface area contributed by atoms with Crippen molar-refractivity contribution >= 4 is 17.3 Å². The molecule has 0 aliphatic rings. The third-order valence-electron chi connectivity index (χ3n) is 1.63. The number of aldehydes is 1. The highest BCUT2D eigenvalue weighted by molar-refractivity contribution is 5.81. The first-order valence-corrected chi connectivity index (χ1v) is 3.40. The van der Waals surface area contributed by atoms with Crippen LogP contribution in [0.25, 0.3) is 11.0 Å². The SMILES string of the molecule is O=Cc1nc2[nH]ccc2cc1F. The van der Waals surface area contributed by atoms with Crippen LogP contribution in [0.3, 0.4) is 0 Å². The highest BCUT2D eigenvalue weighted by Gasteiger charge is 2.04. The van der Waals surface area contributed by atoms with Gasteiger partial charge in [-0.1, -0.05) is 0 Å². The van der Waals surface area contributed by atoms with Gasteiger partial charge >= 0.3 is 0 Å². The lowest BCUT2D eigenvalue weighted by Gasteiger charge is -1.93. The van der Waals surface area contributed by atoms with E-state index in [0.717, 1.165) is 0 Å². The third kappa shape index (κ3) is 0.887. The predicted octanol–water partition coefficient (Wildman–Crippen LogP) is 1.51. The Hall–Kier alpha value is -1.71. The van der Waals surface area contributed by atoms with Crippen LogP contribution in [0.4, 0.5) is 4.39 Å². The summed E-state index contributed by atoms with van der Waals surface area (Å²) in [5, 5.41) is 0.665. The second-order valence-corrected chi connectivity index (χ2v) is 2.39. The third-order valence-corrected chi connectivity index (χ3v) is 1.63. The number of nitrogens with zero attached hydrogens (tertiary/aromatic N) is 1.